The number of aliphatic hydroxyl groups is 1. The lowest BCUT2D eigenvalue weighted by molar-refractivity contribution is 0.280. The molecule has 0 saturated heterocycles. The van der Waals surface area contributed by atoms with Crippen molar-refractivity contribution in [3.05, 3.63) is 32.8 Å². The highest BCUT2D eigenvalue weighted by atomic mass is 35.5. The third-order valence-corrected chi connectivity index (χ3v) is 3.27. The van der Waals surface area contributed by atoms with Crippen molar-refractivity contribution in [2.45, 2.75) is 18.9 Å². The molecule has 1 atom stereocenters. The molecule has 0 fully saturated rings. The summed E-state index contributed by atoms with van der Waals surface area (Å²) in [5.41, 5.74) is 6.57. The van der Waals surface area contributed by atoms with Crippen LogP contribution in [0.3, 0.4) is 0 Å². The highest BCUT2D eigenvalue weighted by Gasteiger charge is 2.16. The van der Waals surface area contributed by atoms with Crippen LogP contribution < -0.4 is 5.73 Å². The first-order valence-corrected chi connectivity index (χ1v) is 5.71. The van der Waals surface area contributed by atoms with Gasteiger partial charge in [0.05, 0.1) is 10.0 Å². The number of rotatable bonds is 4. The van der Waals surface area contributed by atoms with Gasteiger partial charge in [-0.1, -0.05) is 34.8 Å². The van der Waals surface area contributed by atoms with Crippen LogP contribution in [0.1, 0.15) is 24.4 Å². The highest BCUT2D eigenvalue weighted by molar-refractivity contribution is 6.44. The number of hydrogen-bond acceptors (Lipinski definition) is 2. The van der Waals surface area contributed by atoms with Crippen LogP contribution in [-0.2, 0) is 0 Å². The van der Waals surface area contributed by atoms with Crippen molar-refractivity contribution >= 4 is 34.8 Å². The molecular formula is C10H12Cl3NO. The Morgan fingerprint density at radius 1 is 1.20 bits per heavy atom. The molecule has 0 unspecified atom stereocenters. The van der Waals surface area contributed by atoms with E-state index in [0.717, 1.165) is 0 Å². The van der Waals surface area contributed by atoms with E-state index in [9.17, 15) is 0 Å². The van der Waals surface area contributed by atoms with E-state index in [1.165, 1.54) is 0 Å². The topological polar surface area (TPSA) is 46.2 Å². The molecule has 0 bridgehead atoms. The van der Waals surface area contributed by atoms with Crippen molar-refractivity contribution in [3.8, 4) is 0 Å². The van der Waals surface area contributed by atoms with E-state index < -0.39 is 0 Å². The first kappa shape index (κ1) is 13.1. The molecule has 15 heavy (non-hydrogen) atoms. The van der Waals surface area contributed by atoms with Crippen LogP contribution in [0.5, 0.6) is 0 Å². The summed E-state index contributed by atoms with van der Waals surface area (Å²) in [5.74, 6) is 0. The molecule has 0 spiro atoms. The zero-order valence-electron chi connectivity index (χ0n) is 8.01. The van der Waals surface area contributed by atoms with E-state index in [4.69, 9.17) is 45.6 Å². The average molecular weight is 269 g/mol. The molecule has 5 heteroatoms. The standard InChI is InChI=1S/C10H12Cl3NO/c11-6-3-4-7(12)10(13)9(6)8(14)2-1-5-15/h3-4,8,15H,1-2,5,14H2/t8-/m1/s1. The van der Waals surface area contributed by atoms with Gasteiger partial charge in [-0.05, 0) is 25.0 Å². The number of halogens is 3. The Morgan fingerprint density at radius 2 is 1.80 bits per heavy atom. The second kappa shape index (κ2) is 5.92. The molecule has 0 aliphatic heterocycles. The van der Waals surface area contributed by atoms with Gasteiger partial charge in [0.2, 0.25) is 0 Å². The summed E-state index contributed by atoms with van der Waals surface area (Å²) in [6.45, 7) is 0.101. The van der Waals surface area contributed by atoms with Gasteiger partial charge in [-0.3, -0.25) is 0 Å². The molecule has 2 nitrogen and oxygen atoms in total. The molecule has 3 N–H and O–H groups in total. The van der Waals surface area contributed by atoms with Gasteiger partial charge >= 0.3 is 0 Å². The number of nitrogens with two attached hydrogens (primary N) is 1. The van der Waals surface area contributed by atoms with Gasteiger partial charge in [-0.2, -0.15) is 0 Å². The summed E-state index contributed by atoms with van der Waals surface area (Å²) in [4.78, 5) is 0. The molecule has 1 aromatic carbocycles. The lowest BCUT2D eigenvalue weighted by Crippen LogP contribution is -2.12. The Balaban J connectivity index is 2.96. The summed E-state index contributed by atoms with van der Waals surface area (Å²) in [6.07, 6.45) is 1.23. The molecular weight excluding hydrogens is 256 g/mol. The fourth-order valence-corrected chi connectivity index (χ4v) is 2.15. The largest absolute Gasteiger partial charge is 0.396 e. The third-order valence-electron chi connectivity index (χ3n) is 2.12. The predicted octanol–water partition coefficient (Wildman–Crippen LogP) is 3.42. The minimum Gasteiger partial charge on any atom is -0.396 e. The Hall–Kier alpha value is 0.01000. The fraction of sp³-hybridized carbons (Fsp3) is 0.400. The minimum absolute atomic E-state index is 0.101. The molecule has 0 aliphatic carbocycles. The smallest absolute Gasteiger partial charge is 0.0654 e. The number of hydrogen-bond donors (Lipinski definition) is 2. The van der Waals surface area contributed by atoms with E-state index in [2.05, 4.69) is 0 Å². The quantitative estimate of drug-likeness (QED) is 0.822. The maximum Gasteiger partial charge on any atom is 0.0654 e. The van der Waals surface area contributed by atoms with Gasteiger partial charge in [-0.15, -0.1) is 0 Å². The van der Waals surface area contributed by atoms with Crippen molar-refractivity contribution in [1.82, 2.24) is 0 Å². The van der Waals surface area contributed by atoms with E-state index >= 15 is 0 Å². The molecule has 0 aliphatic rings. The number of benzene rings is 1. The van der Waals surface area contributed by atoms with Gasteiger partial charge in [-0.25, -0.2) is 0 Å². The van der Waals surface area contributed by atoms with Gasteiger partial charge < -0.3 is 10.8 Å². The number of aliphatic hydroxyl groups excluding tert-OH is 1. The fourth-order valence-electron chi connectivity index (χ4n) is 1.34. The van der Waals surface area contributed by atoms with E-state index in [-0.39, 0.29) is 12.6 Å². The maximum absolute atomic E-state index is 8.71. The monoisotopic (exact) mass is 267 g/mol. The van der Waals surface area contributed by atoms with Gasteiger partial charge in [0.1, 0.15) is 0 Å². The average Bonchev–Trinajstić information content (AvgIpc) is 2.21. The van der Waals surface area contributed by atoms with Gasteiger partial charge in [0.25, 0.3) is 0 Å². The van der Waals surface area contributed by atoms with Crippen molar-refractivity contribution < 1.29 is 5.11 Å². The molecule has 1 rings (SSSR count). The SMILES string of the molecule is N[C@H](CCCO)c1c(Cl)ccc(Cl)c1Cl. The summed E-state index contributed by atoms with van der Waals surface area (Å²) >= 11 is 17.9. The Kier molecular flexibility index (Phi) is 5.16. The molecule has 0 saturated carbocycles. The van der Waals surface area contributed by atoms with Gasteiger partial charge in [0, 0.05) is 23.2 Å². The predicted molar refractivity (Wildman–Crippen MR) is 64.7 cm³/mol. The van der Waals surface area contributed by atoms with Crippen molar-refractivity contribution in [2.24, 2.45) is 5.73 Å². The van der Waals surface area contributed by atoms with E-state index in [1.54, 1.807) is 12.1 Å². The summed E-state index contributed by atoms with van der Waals surface area (Å²) < 4.78 is 0. The lowest BCUT2D eigenvalue weighted by atomic mass is 10.0. The highest BCUT2D eigenvalue weighted by Crippen LogP contribution is 2.36. The van der Waals surface area contributed by atoms with Crippen LogP contribution >= 0.6 is 34.8 Å². The first-order valence-electron chi connectivity index (χ1n) is 4.57. The molecule has 84 valence electrons. The molecule has 0 radical (unpaired) electrons. The van der Waals surface area contributed by atoms with Crippen LogP contribution in [0.2, 0.25) is 15.1 Å². The summed E-state index contributed by atoms with van der Waals surface area (Å²) in [5, 5.41) is 10.1. The van der Waals surface area contributed by atoms with Crippen molar-refractivity contribution in [1.29, 1.82) is 0 Å². The van der Waals surface area contributed by atoms with Crippen LogP contribution in [0.25, 0.3) is 0 Å². The molecule has 0 heterocycles. The Bertz CT molecular complexity index is 344. The molecule has 0 amide bonds. The van der Waals surface area contributed by atoms with Crippen molar-refractivity contribution in [2.75, 3.05) is 6.61 Å². The zero-order valence-corrected chi connectivity index (χ0v) is 10.3. The van der Waals surface area contributed by atoms with Crippen LogP contribution in [0, 0.1) is 0 Å². The third kappa shape index (κ3) is 3.23. The Morgan fingerprint density at radius 3 is 2.40 bits per heavy atom. The van der Waals surface area contributed by atoms with Crippen LogP contribution in [0.15, 0.2) is 12.1 Å². The van der Waals surface area contributed by atoms with E-state index in [1.807, 2.05) is 0 Å². The Labute approximate surface area is 104 Å². The zero-order chi connectivity index (χ0) is 11.4. The molecule has 0 aromatic heterocycles. The van der Waals surface area contributed by atoms with Crippen LogP contribution in [0.4, 0.5) is 0 Å². The molecule has 1 aromatic rings. The summed E-state index contributed by atoms with van der Waals surface area (Å²) in [7, 11) is 0. The second-order valence-electron chi connectivity index (χ2n) is 3.23. The summed E-state index contributed by atoms with van der Waals surface area (Å²) in [6, 6.07) is 3.01. The minimum atomic E-state index is -0.296. The second-order valence-corrected chi connectivity index (χ2v) is 4.42. The maximum atomic E-state index is 8.71. The first-order chi connectivity index (χ1) is 7.07. The van der Waals surface area contributed by atoms with Crippen LogP contribution in [-0.4, -0.2) is 11.7 Å². The lowest BCUT2D eigenvalue weighted by Gasteiger charge is -2.15. The van der Waals surface area contributed by atoms with Crippen molar-refractivity contribution in [3.63, 3.8) is 0 Å². The normalized spacial score (nSPS) is 12.9. The van der Waals surface area contributed by atoms with Gasteiger partial charge in [0.15, 0.2) is 0 Å². The van der Waals surface area contributed by atoms with E-state index in [0.29, 0.717) is 33.5 Å².